The lowest BCUT2D eigenvalue weighted by atomic mass is 10.4. The Bertz CT molecular complexity index is 105. The quantitative estimate of drug-likeness (QED) is 0.543. The van der Waals surface area contributed by atoms with E-state index in [0.717, 1.165) is 0 Å². The van der Waals surface area contributed by atoms with Crippen LogP contribution in [0.25, 0.3) is 0 Å². The molecule has 0 aliphatic rings. The van der Waals surface area contributed by atoms with Crippen LogP contribution in [0.3, 0.4) is 0 Å². The molecular formula is C6H13NO3. The summed E-state index contributed by atoms with van der Waals surface area (Å²) in [6.07, 6.45) is -0.603. The number of aliphatic hydroxyl groups excluding tert-OH is 1. The molecule has 0 aliphatic carbocycles. The Labute approximate surface area is 60.2 Å². The average Bonchev–Trinajstić information content (AvgIpc) is 1.85. The maximum atomic E-state index is 10.3. The molecule has 0 spiro atoms. The first-order chi connectivity index (χ1) is 4.66. The molecule has 10 heavy (non-hydrogen) atoms. The normalized spacial score (nSPS) is 12.7. The van der Waals surface area contributed by atoms with Crippen molar-refractivity contribution < 1.29 is 14.6 Å². The molecule has 0 saturated carbocycles. The Kier molecular flexibility index (Phi) is 4.88. The zero-order valence-electron chi connectivity index (χ0n) is 6.26. The maximum absolute atomic E-state index is 10.3. The summed E-state index contributed by atoms with van der Waals surface area (Å²) in [5, 5.41) is 11.4. The van der Waals surface area contributed by atoms with Crippen molar-refractivity contribution in [2.75, 3.05) is 20.3 Å². The molecule has 4 nitrogen and oxygen atoms in total. The summed E-state index contributed by atoms with van der Waals surface area (Å²) < 4.78 is 4.63. The van der Waals surface area contributed by atoms with Crippen molar-refractivity contribution in [1.82, 2.24) is 5.32 Å². The van der Waals surface area contributed by atoms with Crippen LogP contribution in [-0.2, 0) is 9.53 Å². The fourth-order valence-corrected chi connectivity index (χ4v) is 0.513. The largest absolute Gasteiger partial charge is 0.389 e. The van der Waals surface area contributed by atoms with E-state index in [-0.39, 0.29) is 19.1 Å². The van der Waals surface area contributed by atoms with Crippen LogP contribution in [0.2, 0.25) is 0 Å². The lowest BCUT2D eigenvalue weighted by Gasteiger charge is -2.08. The van der Waals surface area contributed by atoms with Gasteiger partial charge in [0.2, 0.25) is 5.91 Å². The highest BCUT2D eigenvalue weighted by molar-refractivity contribution is 5.72. The fraction of sp³-hybridized carbons (Fsp3) is 0.833. The fourth-order valence-electron chi connectivity index (χ4n) is 0.513. The number of aliphatic hydroxyl groups is 1. The summed E-state index contributed by atoms with van der Waals surface area (Å²) in [5.74, 6) is -0.143. The van der Waals surface area contributed by atoms with Crippen LogP contribution in [0.5, 0.6) is 0 Å². The molecule has 0 rings (SSSR count). The standard InChI is InChI=1S/C6H13NO3/c1-5(8)7-3-6(9)4-10-2/h6,9H,3-4H2,1-2H3,(H,7,8). The van der Waals surface area contributed by atoms with E-state index in [1.807, 2.05) is 0 Å². The van der Waals surface area contributed by atoms with Crippen molar-refractivity contribution in [3.05, 3.63) is 0 Å². The molecule has 0 aromatic heterocycles. The van der Waals surface area contributed by atoms with Gasteiger partial charge in [-0.15, -0.1) is 0 Å². The second-order valence-corrected chi connectivity index (χ2v) is 2.05. The molecule has 1 amide bonds. The Morgan fingerprint density at radius 2 is 2.40 bits per heavy atom. The second kappa shape index (κ2) is 5.20. The molecule has 60 valence electrons. The third kappa shape index (κ3) is 5.53. The molecule has 0 aromatic carbocycles. The zero-order chi connectivity index (χ0) is 7.98. The van der Waals surface area contributed by atoms with Crippen molar-refractivity contribution in [1.29, 1.82) is 0 Å². The lowest BCUT2D eigenvalue weighted by Crippen LogP contribution is -2.32. The topological polar surface area (TPSA) is 58.6 Å². The summed E-state index contributed by atoms with van der Waals surface area (Å²) in [4.78, 5) is 10.3. The van der Waals surface area contributed by atoms with E-state index < -0.39 is 6.10 Å². The summed E-state index contributed by atoms with van der Waals surface area (Å²) in [7, 11) is 1.50. The number of amides is 1. The predicted molar refractivity (Wildman–Crippen MR) is 36.6 cm³/mol. The third-order valence-corrected chi connectivity index (χ3v) is 0.946. The third-order valence-electron chi connectivity index (χ3n) is 0.946. The molecule has 4 heteroatoms. The number of hydrogen-bond acceptors (Lipinski definition) is 3. The summed E-state index contributed by atoms with van der Waals surface area (Å²) >= 11 is 0. The molecule has 0 aliphatic heterocycles. The predicted octanol–water partition coefficient (Wildman–Crippen LogP) is -0.870. The van der Waals surface area contributed by atoms with Crippen LogP contribution in [-0.4, -0.2) is 37.4 Å². The minimum atomic E-state index is -0.603. The Morgan fingerprint density at radius 1 is 1.80 bits per heavy atom. The van der Waals surface area contributed by atoms with Crippen LogP contribution in [0, 0.1) is 0 Å². The van der Waals surface area contributed by atoms with Gasteiger partial charge in [-0.1, -0.05) is 0 Å². The number of hydrogen-bond donors (Lipinski definition) is 2. The van der Waals surface area contributed by atoms with E-state index >= 15 is 0 Å². The van der Waals surface area contributed by atoms with Gasteiger partial charge < -0.3 is 15.2 Å². The van der Waals surface area contributed by atoms with Crippen molar-refractivity contribution in [3.63, 3.8) is 0 Å². The minimum Gasteiger partial charge on any atom is -0.389 e. The van der Waals surface area contributed by atoms with Crippen LogP contribution in [0.15, 0.2) is 0 Å². The van der Waals surface area contributed by atoms with Gasteiger partial charge >= 0.3 is 0 Å². The molecule has 0 saturated heterocycles. The van der Waals surface area contributed by atoms with E-state index in [0.29, 0.717) is 0 Å². The Hall–Kier alpha value is -0.610. The SMILES string of the molecule is COCC(O)CNC(C)=O. The molecular weight excluding hydrogens is 134 g/mol. The summed E-state index contributed by atoms with van der Waals surface area (Å²) in [6, 6.07) is 0. The Balaban J connectivity index is 3.21. The molecule has 0 fully saturated rings. The number of methoxy groups -OCH3 is 1. The van der Waals surface area contributed by atoms with Gasteiger partial charge in [0.1, 0.15) is 0 Å². The van der Waals surface area contributed by atoms with Crippen molar-refractivity contribution in [3.8, 4) is 0 Å². The van der Waals surface area contributed by atoms with Gasteiger partial charge in [0.05, 0.1) is 12.7 Å². The van der Waals surface area contributed by atoms with Gasteiger partial charge in [0, 0.05) is 20.6 Å². The van der Waals surface area contributed by atoms with Gasteiger partial charge in [-0.2, -0.15) is 0 Å². The van der Waals surface area contributed by atoms with E-state index in [1.165, 1.54) is 14.0 Å². The van der Waals surface area contributed by atoms with Gasteiger partial charge in [-0.3, -0.25) is 4.79 Å². The van der Waals surface area contributed by atoms with Gasteiger partial charge in [0.15, 0.2) is 0 Å². The van der Waals surface area contributed by atoms with Crippen LogP contribution in [0.1, 0.15) is 6.92 Å². The number of rotatable bonds is 4. The van der Waals surface area contributed by atoms with Gasteiger partial charge in [0.25, 0.3) is 0 Å². The highest BCUT2D eigenvalue weighted by Gasteiger charge is 2.02. The van der Waals surface area contributed by atoms with E-state index in [2.05, 4.69) is 10.1 Å². The first kappa shape index (κ1) is 9.39. The highest BCUT2D eigenvalue weighted by Crippen LogP contribution is 1.79. The van der Waals surface area contributed by atoms with Crippen molar-refractivity contribution in [2.45, 2.75) is 13.0 Å². The monoisotopic (exact) mass is 147 g/mol. The number of carbonyl (C=O) groups excluding carboxylic acids is 1. The van der Waals surface area contributed by atoms with Crippen molar-refractivity contribution in [2.24, 2.45) is 0 Å². The highest BCUT2D eigenvalue weighted by atomic mass is 16.5. The smallest absolute Gasteiger partial charge is 0.216 e. The van der Waals surface area contributed by atoms with Crippen LogP contribution >= 0.6 is 0 Å². The summed E-state index contributed by atoms with van der Waals surface area (Å²) in [5.41, 5.74) is 0. The molecule has 0 heterocycles. The van der Waals surface area contributed by atoms with Crippen LogP contribution < -0.4 is 5.32 Å². The van der Waals surface area contributed by atoms with E-state index in [9.17, 15) is 4.79 Å². The molecule has 1 atom stereocenters. The maximum Gasteiger partial charge on any atom is 0.216 e. The number of nitrogens with one attached hydrogen (secondary N) is 1. The molecule has 1 unspecified atom stereocenters. The minimum absolute atomic E-state index is 0.143. The first-order valence-corrected chi connectivity index (χ1v) is 3.08. The van der Waals surface area contributed by atoms with E-state index in [1.54, 1.807) is 0 Å². The second-order valence-electron chi connectivity index (χ2n) is 2.05. The molecule has 2 N–H and O–H groups in total. The first-order valence-electron chi connectivity index (χ1n) is 3.08. The van der Waals surface area contributed by atoms with Crippen molar-refractivity contribution >= 4 is 5.91 Å². The van der Waals surface area contributed by atoms with E-state index in [4.69, 9.17) is 5.11 Å². The average molecular weight is 147 g/mol. The summed E-state index contributed by atoms with van der Waals surface area (Å²) in [6.45, 7) is 1.91. The molecule has 0 radical (unpaired) electrons. The van der Waals surface area contributed by atoms with Gasteiger partial charge in [-0.25, -0.2) is 0 Å². The number of carbonyl (C=O) groups is 1. The molecule has 0 aromatic rings. The molecule has 0 bridgehead atoms. The van der Waals surface area contributed by atoms with Crippen LogP contribution in [0.4, 0.5) is 0 Å². The number of ether oxygens (including phenoxy) is 1. The lowest BCUT2D eigenvalue weighted by molar-refractivity contribution is -0.119. The van der Waals surface area contributed by atoms with Gasteiger partial charge in [-0.05, 0) is 0 Å². The Morgan fingerprint density at radius 3 is 2.80 bits per heavy atom. The zero-order valence-corrected chi connectivity index (χ0v) is 6.26.